The van der Waals surface area contributed by atoms with Gasteiger partial charge in [-0.1, -0.05) is 13.0 Å². The van der Waals surface area contributed by atoms with Crippen LogP contribution in [0.15, 0.2) is 69.2 Å². The molecule has 0 bridgehead atoms. The summed E-state index contributed by atoms with van der Waals surface area (Å²) in [5.41, 5.74) is -3.59. The summed E-state index contributed by atoms with van der Waals surface area (Å²) in [5, 5.41) is 13.1. The Kier molecular flexibility index (Phi) is 6.60. The van der Waals surface area contributed by atoms with Gasteiger partial charge in [0.1, 0.15) is 10.6 Å². The predicted molar refractivity (Wildman–Crippen MR) is 129 cm³/mol. The maximum atomic E-state index is 13.4. The fourth-order valence-corrected chi connectivity index (χ4v) is 4.65. The maximum absolute atomic E-state index is 13.4. The minimum absolute atomic E-state index is 0.0969. The van der Waals surface area contributed by atoms with Crippen molar-refractivity contribution in [3.8, 4) is 28.7 Å². The summed E-state index contributed by atoms with van der Waals surface area (Å²) in [6.07, 6.45) is -4.01. The van der Waals surface area contributed by atoms with E-state index in [1.165, 1.54) is 37.3 Å². The molecular formula is C24H18F3N5O5S. The molecular weight excluding hydrogens is 527 g/mol. The van der Waals surface area contributed by atoms with E-state index in [0.717, 1.165) is 40.7 Å². The molecule has 0 saturated heterocycles. The Morgan fingerprint density at radius 3 is 2.29 bits per heavy atom. The molecule has 196 valence electrons. The Labute approximate surface area is 213 Å². The Bertz CT molecular complexity index is 1830. The summed E-state index contributed by atoms with van der Waals surface area (Å²) >= 11 is 0. The molecule has 0 aliphatic heterocycles. The Hall–Kier alpha value is -4.48. The number of benzene rings is 2. The minimum Gasteiger partial charge on any atom is -0.282 e. The van der Waals surface area contributed by atoms with Gasteiger partial charge in [-0.25, -0.2) is 9.48 Å². The Balaban J connectivity index is 2.16. The van der Waals surface area contributed by atoms with Crippen molar-refractivity contribution in [1.29, 1.82) is 5.26 Å². The molecule has 0 amide bonds. The van der Waals surface area contributed by atoms with Crippen LogP contribution >= 0.6 is 0 Å². The van der Waals surface area contributed by atoms with Gasteiger partial charge in [0.25, 0.3) is 15.7 Å². The van der Waals surface area contributed by atoms with Crippen molar-refractivity contribution in [2.45, 2.75) is 24.4 Å². The highest BCUT2D eigenvalue weighted by atomic mass is 32.2. The lowest BCUT2D eigenvalue weighted by molar-refractivity contribution is -0.137. The lowest BCUT2D eigenvalue weighted by Gasteiger charge is -2.19. The first-order valence-corrected chi connectivity index (χ1v) is 12.3. The van der Waals surface area contributed by atoms with Crippen LogP contribution in [0.5, 0.6) is 0 Å². The van der Waals surface area contributed by atoms with E-state index in [0.29, 0.717) is 4.57 Å². The van der Waals surface area contributed by atoms with Crippen LogP contribution in [0, 0.1) is 11.3 Å². The van der Waals surface area contributed by atoms with Gasteiger partial charge in [0, 0.05) is 12.7 Å². The van der Waals surface area contributed by atoms with Gasteiger partial charge in [0.2, 0.25) is 0 Å². The van der Waals surface area contributed by atoms with Gasteiger partial charge < -0.3 is 0 Å². The topological polar surface area (TPSA) is 140 Å². The largest absolute Gasteiger partial charge is 0.416 e. The molecule has 0 spiro atoms. The van der Waals surface area contributed by atoms with Crippen LogP contribution in [0.1, 0.15) is 23.7 Å². The van der Waals surface area contributed by atoms with E-state index < -0.39 is 43.7 Å². The molecule has 4 aromatic rings. The van der Waals surface area contributed by atoms with E-state index in [9.17, 15) is 35.7 Å². The second kappa shape index (κ2) is 9.43. The van der Waals surface area contributed by atoms with Crippen LogP contribution < -0.4 is 11.2 Å². The standard InChI is InChI=1S/C24H18F3N5O5S/c1-3-18-20(21-19(38(35,36)37)13-29-32(21)16-9-7-14(12-28)8-10-16)22(33)30(2)23(34)31(18)17-6-4-5-15(11-17)24(25,26)27/h4-11,13H,3H2,1-2H3,(H,35,36,37). The first-order chi connectivity index (χ1) is 17.8. The molecule has 4 rings (SSSR count). The second-order valence-corrected chi connectivity index (χ2v) is 9.50. The number of halogens is 3. The van der Waals surface area contributed by atoms with Crippen molar-refractivity contribution in [2.24, 2.45) is 7.05 Å². The van der Waals surface area contributed by atoms with Crippen molar-refractivity contribution in [1.82, 2.24) is 18.9 Å². The normalized spacial score (nSPS) is 11.9. The summed E-state index contributed by atoms with van der Waals surface area (Å²) < 4.78 is 77.3. The van der Waals surface area contributed by atoms with E-state index in [-0.39, 0.29) is 34.6 Å². The summed E-state index contributed by atoms with van der Waals surface area (Å²) in [7, 11) is -3.88. The molecule has 0 radical (unpaired) electrons. The smallest absolute Gasteiger partial charge is 0.282 e. The van der Waals surface area contributed by atoms with E-state index in [4.69, 9.17) is 5.26 Å². The molecule has 2 aromatic heterocycles. The minimum atomic E-state index is -4.97. The van der Waals surface area contributed by atoms with E-state index in [1.54, 1.807) is 0 Å². The van der Waals surface area contributed by atoms with Gasteiger partial charge in [-0.3, -0.25) is 18.5 Å². The predicted octanol–water partition coefficient (Wildman–Crippen LogP) is 3.09. The Morgan fingerprint density at radius 2 is 1.74 bits per heavy atom. The van der Waals surface area contributed by atoms with Crippen LogP contribution in [0.4, 0.5) is 13.2 Å². The van der Waals surface area contributed by atoms with Crippen LogP contribution in [0.25, 0.3) is 22.6 Å². The van der Waals surface area contributed by atoms with Gasteiger partial charge in [-0.15, -0.1) is 0 Å². The third kappa shape index (κ3) is 4.53. The molecule has 1 N–H and O–H groups in total. The molecule has 2 heterocycles. The SMILES string of the molecule is CCc1c(-c2c(S(=O)(=O)O)cnn2-c2ccc(C#N)cc2)c(=O)n(C)c(=O)n1-c1cccc(C(F)(F)F)c1. The number of hydrogen-bond acceptors (Lipinski definition) is 6. The van der Waals surface area contributed by atoms with Crippen LogP contribution in [0.2, 0.25) is 0 Å². The lowest BCUT2D eigenvalue weighted by atomic mass is 10.1. The average molecular weight is 545 g/mol. The number of hydrogen-bond donors (Lipinski definition) is 1. The molecule has 0 unspecified atom stereocenters. The molecule has 10 nitrogen and oxygen atoms in total. The molecule has 14 heteroatoms. The van der Waals surface area contributed by atoms with Crippen molar-refractivity contribution >= 4 is 10.1 Å². The highest BCUT2D eigenvalue weighted by Crippen LogP contribution is 2.33. The van der Waals surface area contributed by atoms with Crippen LogP contribution in [-0.2, 0) is 29.8 Å². The molecule has 2 aromatic carbocycles. The summed E-state index contributed by atoms with van der Waals surface area (Å²) in [6.45, 7) is 1.53. The molecule has 0 aliphatic carbocycles. The van der Waals surface area contributed by atoms with Crippen molar-refractivity contribution in [2.75, 3.05) is 0 Å². The quantitative estimate of drug-likeness (QED) is 0.380. The van der Waals surface area contributed by atoms with Gasteiger partial charge in [-0.2, -0.15) is 31.9 Å². The zero-order chi connectivity index (χ0) is 28.0. The van der Waals surface area contributed by atoms with Crippen molar-refractivity contribution in [3.63, 3.8) is 0 Å². The fraction of sp³-hybridized carbons (Fsp3) is 0.167. The lowest BCUT2D eigenvalue weighted by Crippen LogP contribution is -2.40. The maximum Gasteiger partial charge on any atom is 0.416 e. The Morgan fingerprint density at radius 1 is 1.08 bits per heavy atom. The number of rotatable bonds is 5. The first kappa shape index (κ1) is 26.6. The van der Waals surface area contributed by atoms with E-state index >= 15 is 0 Å². The molecule has 0 fully saturated rings. The second-order valence-electron chi connectivity index (χ2n) is 8.11. The molecule has 0 atom stereocenters. The van der Waals surface area contributed by atoms with E-state index in [2.05, 4.69) is 5.10 Å². The van der Waals surface area contributed by atoms with Crippen molar-refractivity contribution < 1.29 is 26.1 Å². The summed E-state index contributed by atoms with van der Waals surface area (Å²) in [6, 6.07) is 11.5. The fourth-order valence-electron chi connectivity index (χ4n) is 4.04. The average Bonchev–Trinajstić information content (AvgIpc) is 3.32. The number of nitrogens with zero attached hydrogens (tertiary/aromatic N) is 5. The zero-order valence-corrected chi connectivity index (χ0v) is 20.6. The van der Waals surface area contributed by atoms with Gasteiger partial charge in [-0.05, 0) is 48.9 Å². The number of aromatic nitrogens is 4. The van der Waals surface area contributed by atoms with Gasteiger partial charge >= 0.3 is 11.9 Å². The van der Waals surface area contributed by atoms with E-state index in [1.807, 2.05) is 6.07 Å². The molecule has 38 heavy (non-hydrogen) atoms. The molecule has 0 saturated carbocycles. The number of nitriles is 1. The van der Waals surface area contributed by atoms with Gasteiger partial charge in [0.05, 0.1) is 40.3 Å². The summed E-state index contributed by atoms with van der Waals surface area (Å²) in [4.78, 5) is 25.9. The third-order valence-corrected chi connectivity index (χ3v) is 6.67. The van der Waals surface area contributed by atoms with Crippen molar-refractivity contribution in [3.05, 3.63) is 92.4 Å². The number of alkyl halides is 3. The monoisotopic (exact) mass is 545 g/mol. The third-order valence-electron chi connectivity index (χ3n) is 5.81. The van der Waals surface area contributed by atoms with Gasteiger partial charge in [0.15, 0.2) is 0 Å². The highest BCUT2D eigenvalue weighted by molar-refractivity contribution is 7.86. The zero-order valence-electron chi connectivity index (χ0n) is 19.8. The van der Waals surface area contributed by atoms with Crippen LogP contribution in [-0.4, -0.2) is 31.9 Å². The highest BCUT2D eigenvalue weighted by Gasteiger charge is 2.32. The molecule has 0 aliphatic rings. The first-order valence-electron chi connectivity index (χ1n) is 10.9. The van der Waals surface area contributed by atoms with Crippen LogP contribution in [0.3, 0.4) is 0 Å². The summed E-state index contributed by atoms with van der Waals surface area (Å²) in [5.74, 6) is 0.